The van der Waals surface area contributed by atoms with Gasteiger partial charge >= 0.3 is 0 Å². The Morgan fingerprint density at radius 3 is 2.34 bits per heavy atom. The van der Waals surface area contributed by atoms with Crippen LogP contribution in [0.3, 0.4) is 0 Å². The van der Waals surface area contributed by atoms with Gasteiger partial charge in [0.25, 0.3) is 11.8 Å². The molecule has 3 aromatic carbocycles. The SMILES string of the molecule is COc1ccccc1C(=O)CSc1ccc(NC(=O)/C(=C/c2cccnc2)NC(=O)c2ccccc2)cc1. The first-order valence-corrected chi connectivity index (χ1v) is 12.7. The molecule has 190 valence electrons. The number of ketones is 1. The number of ether oxygens (including phenoxy) is 1. The van der Waals surface area contributed by atoms with Gasteiger partial charge in [-0.15, -0.1) is 11.8 Å². The molecule has 7 nitrogen and oxygen atoms in total. The molecule has 0 aliphatic carbocycles. The minimum absolute atomic E-state index is 0.0378. The maximum atomic E-state index is 13.1. The summed E-state index contributed by atoms with van der Waals surface area (Å²) in [6.45, 7) is 0. The summed E-state index contributed by atoms with van der Waals surface area (Å²) in [5.41, 5.74) is 2.25. The second-order valence-corrected chi connectivity index (χ2v) is 9.10. The van der Waals surface area contributed by atoms with Crippen molar-refractivity contribution in [3.63, 3.8) is 0 Å². The van der Waals surface area contributed by atoms with E-state index in [4.69, 9.17) is 4.74 Å². The van der Waals surface area contributed by atoms with E-state index in [0.717, 1.165) is 4.90 Å². The molecule has 0 aliphatic heterocycles. The highest BCUT2D eigenvalue weighted by atomic mass is 32.2. The average molecular weight is 524 g/mol. The Kier molecular flexibility index (Phi) is 9.04. The third-order valence-electron chi connectivity index (χ3n) is 5.41. The number of benzene rings is 3. The van der Waals surface area contributed by atoms with E-state index in [2.05, 4.69) is 15.6 Å². The van der Waals surface area contributed by atoms with Crippen LogP contribution >= 0.6 is 11.8 Å². The molecule has 0 aliphatic rings. The van der Waals surface area contributed by atoms with E-state index in [1.807, 2.05) is 24.3 Å². The zero-order valence-corrected chi connectivity index (χ0v) is 21.4. The summed E-state index contributed by atoms with van der Waals surface area (Å²) in [5, 5.41) is 5.52. The van der Waals surface area contributed by atoms with Crippen molar-refractivity contribution >= 4 is 41.1 Å². The molecule has 0 bridgehead atoms. The highest BCUT2D eigenvalue weighted by Gasteiger charge is 2.16. The number of amides is 2. The number of aromatic nitrogens is 1. The molecule has 0 spiro atoms. The smallest absolute Gasteiger partial charge is 0.272 e. The molecule has 2 N–H and O–H groups in total. The van der Waals surface area contributed by atoms with Gasteiger partial charge in [-0.25, -0.2) is 0 Å². The molecule has 0 atom stereocenters. The first kappa shape index (κ1) is 26.4. The van der Waals surface area contributed by atoms with E-state index in [9.17, 15) is 14.4 Å². The van der Waals surface area contributed by atoms with Crippen LogP contribution < -0.4 is 15.4 Å². The normalized spacial score (nSPS) is 10.9. The maximum absolute atomic E-state index is 13.1. The van der Waals surface area contributed by atoms with E-state index >= 15 is 0 Å². The van der Waals surface area contributed by atoms with Crippen molar-refractivity contribution in [2.75, 3.05) is 18.2 Å². The second kappa shape index (κ2) is 13.0. The number of pyridine rings is 1. The van der Waals surface area contributed by atoms with Gasteiger partial charge in [0.15, 0.2) is 5.78 Å². The molecule has 0 unspecified atom stereocenters. The van der Waals surface area contributed by atoms with Gasteiger partial charge in [-0.3, -0.25) is 19.4 Å². The van der Waals surface area contributed by atoms with Crippen LogP contribution in [0.15, 0.2) is 114 Å². The number of methoxy groups -OCH3 is 1. The standard InChI is InChI=1S/C30H25N3O4S/c1-37-28-12-6-5-11-25(28)27(34)20-38-24-15-13-23(14-16-24)32-30(36)26(18-21-8-7-17-31-19-21)33-29(35)22-9-3-2-4-10-22/h2-19H,20H2,1H3,(H,32,36)(H,33,35)/b26-18-. The number of rotatable bonds is 10. The number of carbonyl (C=O) groups is 3. The predicted molar refractivity (Wildman–Crippen MR) is 149 cm³/mol. The number of thioether (sulfide) groups is 1. The Hall–Kier alpha value is -4.69. The van der Waals surface area contributed by atoms with Crippen molar-refractivity contribution in [2.45, 2.75) is 4.90 Å². The first-order chi connectivity index (χ1) is 18.5. The van der Waals surface area contributed by atoms with Crippen molar-refractivity contribution in [1.29, 1.82) is 0 Å². The molecule has 0 fully saturated rings. The van der Waals surface area contributed by atoms with Crippen molar-refractivity contribution in [3.05, 3.63) is 126 Å². The molecule has 8 heteroatoms. The van der Waals surface area contributed by atoms with E-state index in [-0.39, 0.29) is 17.2 Å². The fourth-order valence-corrected chi connectivity index (χ4v) is 4.29. The summed E-state index contributed by atoms with van der Waals surface area (Å²) in [6, 6.07) is 26.4. The van der Waals surface area contributed by atoms with Crippen molar-refractivity contribution < 1.29 is 19.1 Å². The molecular formula is C30H25N3O4S. The number of nitrogens with zero attached hydrogens (tertiary/aromatic N) is 1. The fraction of sp³-hybridized carbons (Fsp3) is 0.0667. The van der Waals surface area contributed by atoms with Crippen molar-refractivity contribution in [3.8, 4) is 5.75 Å². The minimum Gasteiger partial charge on any atom is -0.496 e. The Morgan fingerprint density at radius 2 is 1.63 bits per heavy atom. The van der Waals surface area contributed by atoms with Crippen LogP contribution in [0.4, 0.5) is 5.69 Å². The molecular weight excluding hydrogens is 498 g/mol. The summed E-state index contributed by atoms with van der Waals surface area (Å²) in [4.78, 5) is 43.4. The van der Waals surface area contributed by atoms with E-state index in [1.165, 1.54) is 18.9 Å². The number of para-hydroxylation sites is 1. The van der Waals surface area contributed by atoms with Crippen LogP contribution in [0.25, 0.3) is 6.08 Å². The van der Waals surface area contributed by atoms with E-state index in [1.54, 1.807) is 85.2 Å². The van der Waals surface area contributed by atoms with Crippen LogP contribution in [-0.4, -0.2) is 35.4 Å². The van der Waals surface area contributed by atoms with Gasteiger partial charge in [-0.2, -0.15) is 0 Å². The molecule has 4 aromatic rings. The van der Waals surface area contributed by atoms with Gasteiger partial charge in [0.05, 0.1) is 18.4 Å². The third kappa shape index (κ3) is 7.18. The maximum Gasteiger partial charge on any atom is 0.272 e. The number of anilines is 1. The average Bonchev–Trinajstić information content (AvgIpc) is 2.97. The predicted octanol–water partition coefficient (Wildman–Crippen LogP) is 5.47. The summed E-state index contributed by atoms with van der Waals surface area (Å²) in [5.74, 6) is -0.127. The quantitative estimate of drug-likeness (QED) is 0.162. The molecule has 2 amide bonds. The van der Waals surface area contributed by atoms with Crippen LogP contribution in [0.5, 0.6) is 5.75 Å². The van der Waals surface area contributed by atoms with Crippen LogP contribution in [0, 0.1) is 0 Å². The van der Waals surface area contributed by atoms with E-state index in [0.29, 0.717) is 28.1 Å². The third-order valence-corrected chi connectivity index (χ3v) is 6.43. The Balaban J connectivity index is 1.42. The highest BCUT2D eigenvalue weighted by Crippen LogP contribution is 2.24. The lowest BCUT2D eigenvalue weighted by Gasteiger charge is -2.12. The Bertz CT molecular complexity index is 1440. The highest BCUT2D eigenvalue weighted by molar-refractivity contribution is 8.00. The number of nitrogens with one attached hydrogen (secondary N) is 2. The van der Waals surface area contributed by atoms with Gasteiger partial charge in [0, 0.05) is 28.5 Å². The molecule has 1 aromatic heterocycles. The lowest BCUT2D eigenvalue weighted by Crippen LogP contribution is -2.30. The summed E-state index contributed by atoms with van der Waals surface area (Å²) < 4.78 is 5.27. The van der Waals surface area contributed by atoms with Crippen molar-refractivity contribution in [2.24, 2.45) is 0 Å². The van der Waals surface area contributed by atoms with Gasteiger partial charge in [0.2, 0.25) is 0 Å². The van der Waals surface area contributed by atoms with Crippen LogP contribution in [0.2, 0.25) is 0 Å². The van der Waals surface area contributed by atoms with E-state index < -0.39 is 11.8 Å². The topological polar surface area (TPSA) is 97.4 Å². The Labute approximate surface area is 225 Å². The monoisotopic (exact) mass is 523 g/mol. The van der Waals surface area contributed by atoms with Crippen molar-refractivity contribution in [1.82, 2.24) is 10.3 Å². The van der Waals surface area contributed by atoms with Gasteiger partial charge in [-0.1, -0.05) is 36.4 Å². The number of Topliss-reactive ketones (excluding diaryl/α,β-unsaturated/α-hetero) is 1. The first-order valence-electron chi connectivity index (χ1n) is 11.7. The number of hydrogen-bond donors (Lipinski definition) is 2. The summed E-state index contributed by atoms with van der Waals surface area (Å²) in [7, 11) is 1.54. The molecule has 1 heterocycles. The van der Waals surface area contributed by atoms with Gasteiger partial charge < -0.3 is 15.4 Å². The summed E-state index contributed by atoms with van der Waals surface area (Å²) >= 11 is 1.39. The molecule has 0 saturated carbocycles. The zero-order chi connectivity index (χ0) is 26.7. The fourth-order valence-electron chi connectivity index (χ4n) is 3.50. The number of hydrogen-bond acceptors (Lipinski definition) is 6. The van der Waals surface area contributed by atoms with Gasteiger partial charge in [0.1, 0.15) is 11.4 Å². The van der Waals surface area contributed by atoms with Crippen LogP contribution in [-0.2, 0) is 4.79 Å². The molecule has 38 heavy (non-hydrogen) atoms. The minimum atomic E-state index is -0.482. The second-order valence-electron chi connectivity index (χ2n) is 8.06. The zero-order valence-electron chi connectivity index (χ0n) is 20.6. The largest absolute Gasteiger partial charge is 0.496 e. The lowest BCUT2D eigenvalue weighted by atomic mass is 10.1. The molecule has 0 saturated heterocycles. The van der Waals surface area contributed by atoms with Gasteiger partial charge in [-0.05, 0) is 66.2 Å². The summed E-state index contributed by atoms with van der Waals surface area (Å²) in [6.07, 6.45) is 4.79. The molecule has 4 rings (SSSR count). The number of carbonyl (C=O) groups excluding carboxylic acids is 3. The van der Waals surface area contributed by atoms with Crippen LogP contribution in [0.1, 0.15) is 26.3 Å². The Morgan fingerprint density at radius 1 is 0.895 bits per heavy atom. The molecule has 0 radical (unpaired) electrons. The lowest BCUT2D eigenvalue weighted by molar-refractivity contribution is -0.113.